The van der Waals surface area contributed by atoms with Crippen LogP contribution in [-0.2, 0) is 4.74 Å². The normalized spacial score (nSPS) is 16.8. The van der Waals surface area contributed by atoms with Crippen molar-refractivity contribution in [2.75, 3.05) is 18.5 Å². The lowest BCUT2D eigenvalue weighted by molar-refractivity contribution is 0.0679. The molecule has 5 heteroatoms. The van der Waals surface area contributed by atoms with Crippen molar-refractivity contribution in [1.82, 2.24) is 0 Å². The number of anilines is 1. The average molecular weight is 346 g/mol. The van der Waals surface area contributed by atoms with Crippen LogP contribution in [0.5, 0.6) is 5.75 Å². The van der Waals surface area contributed by atoms with Crippen LogP contribution in [0.2, 0.25) is 5.02 Å². The summed E-state index contributed by atoms with van der Waals surface area (Å²) < 4.78 is 11.2. The van der Waals surface area contributed by atoms with Crippen LogP contribution in [0.1, 0.15) is 28.8 Å². The quantitative estimate of drug-likeness (QED) is 0.870. The molecule has 0 aliphatic carbocycles. The van der Waals surface area contributed by atoms with Gasteiger partial charge in [-0.1, -0.05) is 17.7 Å². The summed E-state index contributed by atoms with van der Waals surface area (Å²) in [4.78, 5) is 12.3. The number of rotatable bonds is 5. The molecule has 2 aromatic rings. The smallest absolute Gasteiger partial charge is 0.255 e. The van der Waals surface area contributed by atoms with Crippen molar-refractivity contribution in [3.63, 3.8) is 0 Å². The lowest BCUT2D eigenvalue weighted by Crippen LogP contribution is -2.16. The number of hydrogen-bond donors (Lipinski definition) is 1. The van der Waals surface area contributed by atoms with Gasteiger partial charge in [0.1, 0.15) is 12.4 Å². The van der Waals surface area contributed by atoms with Crippen LogP contribution >= 0.6 is 11.6 Å². The largest absolute Gasteiger partial charge is 0.491 e. The fourth-order valence-corrected chi connectivity index (χ4v) is 2.78. The van der Waals surface area contributed by atoms with Crippen LogP contribution in [0.15, 0.2) is 42.5 Å². The standard InChI is InChI=1S/C19H20ClNO3/c1-13-17(20)5-2-6-18(13)21-19(22)14-7-9-15(10-8-14)24-12-16-4-3-11-23-16/h2,5-10,16H,3-4,11-12H2,1H3,(H,21,22). The SMILES string of the molecule is Cc1c(Cl)cccc1NC(=O)c1ccc(OCC2CCCO2)cc1. The third kappa shape index (κ3) is 4.08. The molecule has 24 heavy (non-hydrogen) atoms. The highest BCUT2D eigenvalue weighted by molar-refractivity contribution is 6.31. The van der Waals surface area contributed by atoms with Gasteiger partial charge < -0.3 is 14.8 Å². The Morgan fingerprint density at radius 1 is 1.29 bits per heavy atom. The van der Waals surface area contributed by atoms with E-state index in [0.29, 0.717) is 22.9 Å². The van der Waals surface area contributed by atoms with Gasteiger partial charge in [-0.15, -0.1) is 0 Å². The van der Waals surface area contributed by atoms with Gasteiger partial charge in [-0.05, 0) is 61.7 Å². The Labute approximate surface area is 146 Å². The van der Waals surface area contributed by atoms with E-state index in [2.05, 4.69) is 5.32 Å². The molecule has 3 rings (SSSR count). The summed E-state index contributed by atoms with van der Waals surface area (Å²) in [7, 11) is 0. The Bertz CT molecular complexity index is 709. The van der Waals surface area contributed by atoms with Crippen molar-refractivity contribution in [3.8, 4) is 5.75 Å². The maximum atomic E-state index is 12.3. The van der Waals surface area contributed by atoms with Crippen LogP contribution in [0.4, 0.5) is 5.69 Å². The van der Waals surface area contributed by atoms with Crippen molar-refractivity contribution in [1.29, 1.82) is 0 Å². The zero-order valence-corrected chi connectivity index (χ0v) is 14.3. The molecule has 1 N–H and O–H groups in total. The molecule has 1 aliphatic rings. The molecule has 126 valence electrons. The molecule has 1 aliphatic heterocycles. The van der Waals surface area contributed by atoms with Crippen LogP contribution in [-0.4, -0.2) is 25.2 Å². The summed E-state index contributed by atoms with van der Waals surface area (Å²) in [6, 6.07) is 12.5. The average Bonchev–Trinajstić information content (AvgIpc) is 3.11. The predicted molar refractivity (Wildman–Crippen MR) is 95.1 cm³/mol. The van der Waals surface area contributed by atoms with Gasteiger partial charge in [-0.25, -0.2) is 0 Å². The van der Waals surface area contributed by atoms with E-state index in [0.717, 1.165) is 30.8 Å². The molecule has 1 atom stereocenters. The maximum absolute atomic E-state index is 12.3. The van der Waals surface area contributed by atoms with Gasteiger partial charge in [0.15, 0.2) is 0 Å². The minimum absolute atomic E-state index is 0.175. The van der Waals surface area contributed by atoms with Crippen molar-refractivity contribution in [2.45, 2.75) is 25.9 Å². The fourth-order valence-electron chi connectivity index (χ4n) is 2.60. The molecule has 0 bridgehead atoms. The second kappa shape index (κ2) is 7.69. The lowest BCUT2D eigenvalue weighted by Gasteiger charge is -2.12. The highest BCUT2D eigenvalue weighted by atomic mass is 35.5. The molecular formula is C19H20ClNO3. The first kappa shape index (κ1) is 16.8. The third-order valence-corrected chi connectivity index (χ3v) is 4.50. The molecule has 4 nitrogen and oxygen atoms in total. The van der Waals surface area contributed by atoms with Gasteiger partial charge >= 0.3 is 0 Å². The monoisotopic (exact) mass is 345 g/mol. The van der Waals surface area contributed by atoms with Crippen LogP contribution < -0.4 is 10.1 Å². The molecular weight excluding hydrogens is 326 g/mol. The number of ether oxygens (including phenoxy) is 2. The second-order valence-corrected chi connectivity index (χ2v) is 6.24. The van der Waals surface area contributed by atoms with Crippen molar-refractivity contribution in [3.05, 3.63) is 58.6 Å². The number of amides is 1. The molecule has 0 spiro atoms. The fraction of sp³-hybridized carbons (Fsp3) is 0.316. The Balaban J connectivity index is 1.60. The van der Waals surface area contributed by atoms with E-state index in [1.54, 1.807) is 30.3 Å². The molecule has 2 aromatic carbocycles. The molecule has 1 fully saturated rings. The first-order valence-electron chi connectivity index (χ1n) is 8.04. The first-order valence-corrected chi connectivity index (χ1v) is 8.42. The van der Waals surface area contributed by atoms with Gasteiger partial charge in [0.25, 0.3) is 5.91 Å². The molecule has 0 aromatic heterocycles. The molecule has 1 saturated heterocycles. The summed E-state index contributed by atoms with van der Waals surface area (Å²) >= 11 is 6.07. The maximum Gasteiger partial charge on any atom is 0.255 e. The minimum atomic E-state index is -0.175. The van der Waals surface area contributed by atoms with E-state index in [1.807, 2.05) is 19.1 Å². The van der Waals surface area contributed by atoms with Gasteiger partial charge in [0, 0.05) is 22.9 Å². The zero-order valence-electron chi connectivity index (χ0n) is 13.5. The highest BCUT2D eigenvalue weighted by Gasteiger charge is 2.16. The van der Waals surface area contributed by atoms with Gasteiger partial charge in [-0.3, -0.25) is 4.79 Å². The van der Waals surface area contributed by atoms with E-state index in [4.69, 9.17) is 21.1 Å². The zero-order chi connectivity index (χ0) is 16.9. The molecule has 1 heterocycles. The minimum Gasteiger partial charge on any atom is -0.491 e. The third-order valence-electron chi connectivity index (χ3n) is 4.09. The number of halogens is 1. The number of carbonyl (C=O) groups is 1. The van der Waals surface area contributed by atoms with Gasteiger partial charge in [-0.2, -0.15) is 0 Å². The predicted octanol–water partition coefficient (Wildman–Crippen LogP) is 4.46. The Morgan fingerprint density at radius 3 is 2.79 bits per heavy atom. The van der Waals surface area contributed by atoms with Crippen LogP contribution in [0.25, 0.3) is 0 Å². The lowest BCUT2D eigenvalue weighted by atomic mass is 10.1. The topological polar surface area (TPSA) is 47.6 Å². The van der Waals surface area contributed by atoms with E-state index in [9.17, 15) is 4.79 Å². The first-order chi connectivity index (χ1) is 11.6. The summed E-state index contributed by atoms with van der Waals surface area (Å²) in [5, 5.41) is 3.51. The molecule has 1 amide bonds. The Hall–Kier alpha value is -2.04. The van der Waals surface area contributed by atoms with Crippen molar-refractivity contribution < 1.29 is 14.3 Å². The van der Waals surface area contributed by atoms with Crippen molar-refractivity contribution in [2.24, 2.45) is 0 Å². The van der Waals surface area contributed by atoms with Crippen molar-refractivity contribution >= 4 is 23.2 Å². The summed E-state index contributed by atoms with van der Waals surface area (Å²) in [6.45, 7) is 3.24. The Kier molecular flexibility index (Phi) is 5.38. The van der Waals surface area contributed by atoms with Gasteiger partial charge in [0.05, 0.1) is 6.10 Å². The second-order valence-electron chi connectivity index (χ2n) is 5.84. The number of hydrogen-bond acceptors (Lipinski definition) is 3. The number of benzene rings is 2. The van der Waals surface area contributed by atoms with E-state index >= 15 is 0 Å². The van der Waals surface area contributed by atoms with Gasteiger partial charge in [0.2, 0.25) is 0 Å². The molecule has 0 saturated carbocycles. The van der Waals surface area contributed by atoms with E-state index in [-0.39, 0.29) is 12.0 Å². The van der Waals surface area contributed by atoms with E-state index < -0.39 is 0 Å². The van der Waals surface area contributed by atoms with E-state index in [1.165, 1.54) is 0 Å². The van der Waals surface area contributed by atoms with Crippen LogP contribution in [0, 0.1) is 6.92 Å². The summed E-state index contributed by atoms with van der Waals surface area (Å²) in [5.41, 5.74) is 2.13. The highest BCUT2D eigenvalue weighted by Crippen LogP contribution is 2.24. The number of nitrogens with one attached hydrogen (secondary N) is 1. The summed E-state index contributed by atoms with van der Waals surface area (Å²) in [5.74, 6) is 0.562. The molecule has 1 unspecified atom stereocenters. The summed E-state index contributed by atoms with van der Waals surface area (Å²) in [6.07, 6.45) is 2.31. The van der Waals surface area contributed by atoms with Crippen LogP contribution in [0.3, 0.4) is 0 Å². The number of carbonyl (C=O) groups excluding carboxylic acids is 1. The Morgan fingerprint density at radius 2 is 2.08 bits per heavy atom. The molecule has 0 radical (unpaired) electrons.